The van der Waals surface area contributed by atoms with E-state index >= 15 is 0 Å². The van der Waals surface area contributed by atoms with Crippen LogP contribution in [0.2, 0.25) is 0 Å². The highest BCUT2D eigenvalue weighted by Crippen LogP contribution is 2.07. The Hall–Kier alpha value is -1.57. The van der Waals surface area contributed by atoms with Crippen LogP contribution in [0.1, 0.15) is 56.8 Å². The van der Waals surface area contributed by atoms with Gasteiger partial charge >= 0.3 is 0 Å². The Morgan fingerprint density at radius 3 is 2.45 bits per heavy atom. The maximum Gasteiger partial charge on any atom is 0.256 e. The molecule has 0 saturated carbocycles. The van der Waals surface area contributed by atoms with Gasteiger partial charge in [0.25, 0.3) is 5.82 Å². The number of benzene rings is 1. The molecule has 0 aliphatic carbocycles. The average Bonchev–Trinajstić information content (AvgIpc) is 2.89. The van der Waals surface area contributed by atoms with E-state index in [0.717, 1.165) is 6.54 Å². The number of hydrogen-bond acceptors (Lipinski definition) is 0. The maximum atomic E-state index is 2.45. The van der Waals surface area contributed by atoms with Crippen molar-refractivity contribution in [3.05, 3.63) is 54.1 Å². The van der Waals surface area contributed by atoms with Crippen molar-refractivity contribution in [2.24, 2.45) is 7.05 Å². The zero-order valence-corrected chi connectivity index (χ0v) is 14.3. The Morgan fingerprint density at radius 1 is 0.909 bits per heavy atom. The average molecular weight is 299 g/mol. The number of imidazole rings is 1. The molecule has 1 heterocycles. The lowest BCUT2D eigenvalue weighted by molar-refractivity contribution is -0.704. The number of aromatic nitrogens is 2. The second-order valence-corrected chi connectivity index (χ2v) is 6.27. The smallest absolute Gasteiger partial charge is 0.237 e. The van der Waals surface area contributed by atoms with Crippen LogP contribution in [-0.2, 0) is 26.4 Å². The second kappa shape index (κ2) is 9.45. The summed E-state index contributed by atoms with van der Waals surface area (Å²) in [5, 5.41) is 0. The fourth-order valence-electron chi connectivity index (χ4n) is 3.06. The first-order valence-electron chi connectivity index (χ1n) is 8.89. The Labute approximate surface area is 135 Å². The van der Waals surface area contributed by atoms with Gasteiger partial charge in [-0.15, -0.1) is 0 Å². The molecule has 0 fully saturated rings. The molecule has 0 atom stereocenters. The Balaban J connectivity index is 1.78. The molecule has 0 aliphatic rings. The molecule has 120 valence electrons. The van der Waals surface area contributed by atoms with Crippen molar-refractivity contribution >= 4 is 0 Å². The summed E-state index contributed by atoms with van der Waals surface area (Å²) < 4.78 is 4.74. The first kappa shape index (κ1) is 16.8. The van der Waals surface area contributed by atoms with Crippen LogP contribution >= 0.6 is 0 Å². The molecule has 0 amide bonds. The highest BCUT2D eigenvalue weighted by Gasteiger charge is 2.13. The van der Waals surface area contributed by atoms with Crippen molar-refractivity contribution in [3.8, 4) is 0 Å². The van der Waals surface area contributed by atoms with Gasteiger partial charge in [-0.25, -0.2) is 9.13 Å². The SMILES string of the molecule is CCCCCCCc1n(C)cc[n+]1CCCc1ccccc1. The van der Waals surface area contributed by atoms with Gasteiger partial charge in [-0.3, -0.25) is 0 Å². The predicted molar refractivity (Wildman–Crippen MR) is 92.8 cm³/mol. The lowest BCUT2D eigenvalue weighted by atomic mass is 10.1. The Kier molecular flexibility index (Phi) is 7.21. The molecule has 0 unspecified atom stereocenters. The van der Waals surface area contributed by atoms with Gasteiger partial charge in [0.15, 0.2) is 0 Å². The fraction of sp³-hybridized carbons (Fsp3) is 0.550. The van der Waals surface area contributed by atoms with E-state index in [1.54, 1.807) is 0 Å². The third-order valence-corrected chi connectivity index (χ3v) is 4.42. The monoisotopic (exact) mass is 299 g/mol. The lowest BCUT2D eigenvalue weighted by Gasteiger charge is -2.04. The molecule has 22 heavy (non-hydrogen) atoms. The predicted octanol–water partition coefficient (Wildman–Crippen LogP) is 4.46. The number of rotatable bonds is 10. The van der Waals surface area contributed by atoms with Gasteiger partial charge in [0.05, 0.1) is 13.6 Å². The van der Waals surface area contributed by atoms with Crippen LogP contribution in [0.3, 0.4) is 0 Å². The Bertz CT molecular complexity index is 528. The highest BCUT2D eigenvalue weighted by atomic mass is 15.1. The van der Waals surface area contributed by atoms with Crippen LogP contribution in [0, 0.1) is 0 Å². The van der Waals surface area contributed by atoms with E-state index < -0.39 is 0 Å². The van der Waals surface area contributed by atoms with Gasteiger partial charge in [-0.05, 0) is 24.8 Å². The maximum absolute atomic E-state index is 2.45. The minimum Gasteiger partial charge on any atom is -0.237 e. The van der Waals surface area contributed by atoms with E-state index in [-0.39, 0.29) is 0 Å². The quantitative estimate of drug-likeness (QED) is 0.452. The van der Waals surface area contributed by atoms with E-state index in [1.165, 1.54) is 62.8 Å². The van der Waals surface area contributed by atoms with Crippen molar-refractivity contribution in [1.29, 1.82) is 0 Å². The zero-order chi connectivity index (χ0) is 15.6. The Morgan fingerprint density at radius 2 is 1.68 bits per heavy atom. The first-order valence-corrected chi connectivity index (χ1v) is 8.89. The van der Waals surface area contributed by atoms with Crippen molar-refractivity contribution in [2.75, 3.05) is 0 Å². The summed E-state index contributed by atoms with van der Waals surface area (Å²) in [7, 11) is 2.18. The molecular formula is C20H31N2+. The van der Waals surface area contributed by atoms with Crippen LogP contribution in [0.4, 0.5) is 0 Å². The number of nitrogens with zero attached hydrogens (tertiary/aromatic N) is 2. The van der Waals surface area contributed by atoms with Crippen molar-refractivity contribution in [1.82, 2.24) is 4.57 Å². The largest absolute Gasteiger partial charge is 0.256 e. The molecule has 1 aromatic heterocycles. The molecular weight excluding hydrogens is 268 g/mol. The molecule has 0 spiro atoms. The summed E-state index contributed by atoms with van der Waals surface area (Å²) in [4.78, 5) is 0. The topological polar surface area (TPSA) is 8.81 Å². The summed E-state index contributed by atoms with van der Waals surface area (Å²) >= 11 is 0. The molecule has 1 aromatic carbocycles. The van der Waals surface area contributed by atoms with Gasteiger partial charge < -0.3 is 0 Å². The summed E-state index contributed by atoms with van der Waals surface area (Å²) in [5.74, 6) is 1.48. The molecule has 0 N–H and O–H groups in total. The second-order valence-electron chi connectivity index (χ2n) is 6.27. The van der Waals surface area contributed by atoms with Gasteiger partial charge in [0.2, 0.25) is 0 Å². The third kappa shape index (κ3) is 5.32. The van der Waals surface area contributed by atoms with Crippen LogP contribution in [0.5, 0.6) is 0 Å². The van der Waals surface area contributed by atoms with Crippen molar-refractivity contribution in [2.45, 2.75) is 64.8 Å². The van der Waals surface area contributed by atoms with E-state index in [0.29, 0.717) is 0 Å². The minimum absolute atomic E-state index is 1.13. The van der Waals surface area contributed by atoms with Crippen LogP contribution in [0.25, 0.3) is 0 Å². The molecule has 0 aliphatic heterocycles. The van der Waals surface area contributed by atoms with E-state index in [9.17, 15) is 0 Å². The number of unbranched alkanes of at least 4 members (excludes halogenated alkanes) is 4. The minimum atomic E-state index is 1.13. The van der Waals surface area contributed by atoms with Crippen LogP contribution in [-0.4, -0.2) is 4.57 Å². The fourth-order valence-corrected chi connectivity index (χ4v) is 3.06. The molecule has 2 heteroatoms. The van der Waals surface area contributed by atoms with E-state index in [4.69, 9.17) is 0 Å². The summed E-state index contributed by atoms with van der Waals surface area (Å²) in [6, 6.07) is 10.8. The van der Waals surface area contributed by atoms with Gasteiger partial charge in [-0.2, -0.15) is 0 Å². The van der Waals surface area contributed by atoms with Gasteiger partial charge in [0.1, 0.15) is 12.4 Å². The van der Waals surface area contributed by atoms with Crippen molar-refractivity contribution in [3.63, 3.8) is 0 Å². The number of hydrogen-bond donors (Lipinski definition) is 0. The summed E-state index contributed by atoms with van der Waals surface area (Å²) in [5.41, 5.74) is 1.44. The van der Waals surface area contributed by atoms with Gasteiger partial charge in [0, 0.05) is 6.42 Å². The molecule has 2 nitrogen and oxygen atoms in total. The molecule has 2 aromatic rings. The normalized spacial score (nSPS) is 11.0. The van der Waals surface area contributed by atoms with E-state index in [1.807, 2.05) is 0 Å². The zero-order valence-electron chi connectivity index (χ0n) is 14.3. The van der Waals surface area contributed by atoms with Gasteiger partial charge in [-0.1, -0.05) is 62.9 Å². The molecule has 0 radical (unpaired) electrons. The van der Waals surface area contributed by atoms with Crippen LogP contribution in [0.15, 0.2) is 42.7 Å². The molecule has 0 saturated heterocycles. The number of aryl methyl sites for hydroxylation is 3. The lowest BCUT2D eigenvalue weighted by Crippen LogP contribution is -2.37. The summed E-state index contributed by atoms with van der Waals surface area (Å²) in [6.45, 7) is 3.40. The molecule has 0 bridgehead atoms. The first-order chi connectivity index (χ1) is 10.8. The summed E-state index contributed by atoms with van der Waals surface area (Å²) in [6.07, 6.45) is 14.8. The highest BCUT2D eigenvalue weighted by molar-refractivity contribution is 5.14. The third-order valence-electron chi connectivity index (χ3n) is 4.42. The molecule has 2 rings (SSSR count). The van der Waals surface area contributed by atoms with E-state index in [2.05, 4.69) is 65.8 Å². The standard InChI is InChI=1S/C20H31N2/c1-3-4-5-6-10-15-20-21(2)17-18-22(20)16-11-14-19-12-8-7-9-13-19/h7-9,12-13,17-18H,3-6,10-11,14-16H2,1-2H3/q+1. The van der Waals surface area contributed by atoms with Crippen molar-refractivity contribution < 1.29 is 4.57 Å². The van der Waals surface area contributed by atoms with Crippen LogP contribution < -0.4 is 4.57 Å².